The van der Waals surface area contributed by atoms with Crippen molar-refractivity contribution in [1.29, 1.82) is 0 Å². The molecule has 0 radical (unpaired) electrons. The van der Waals surface area contributed by atoms with Crippen LogP contribution in [0.5, 0.6) is 0 Å². The van der Waals surface area contributed by atoms with E-state index in [9.17, 15) is 9.18 Å². The highest BCUT2D eigenvalue weighted by Gasteiger charge is 2.22. The topological polar surface area (TPSA) is 49.3 Å². The lowest BCUT2D eigenvalue weighted by Gasteiger charge is -2.11. The van der Waals surface area contributed by atoms with E-state index in [1.807, 2.05) is 0 Å². The normalized spacial score (nSPS) is 14.7. The third kappa shape index (κ3) is 3.82. The predicted molar refractivity (Wildman–Crippen MR) is 74.2 cm³/mol. The van der Waals surface area contributed by atoms with Crippen molar-refractivity contribution >= 4 is 5.91 Å². The Morgan fingerprint density at radius 1 is 1.40 bits per heavy atom. The van der Waals surface area contributed by atoms with Crippen LogP contribution in [0.25, 0.3) is 0 Å². The van der Waals surface area contributed by atoms with Gasteiger partial charge in [-0.05, 0) is 31.0 Å². The second-order valence-corrected chi connectivity index (χ2v) is 4.97. The van der Waals surface area contributed by atoms with Gasteiger partial charge >= 0.3 is 0 Å². The van der Waals surface area contributed by atoms with Crippen molar-refractivity contribution in [3.8, 4) is 11.8 Å². The van der Waals surface area contributed by atoms with Gasteiger partial charge in [0.05, 0.1) is 0 Å². The van der Waals surface area contributed by atoms with Crippen LogP contribution in [0.2, 0.25) is 0 Å². The molecule has 1 saturated carbocycles. The van der Waals surface area contributed by atoms with Gasteiger partial charge in [0.25, 0.3) is 0 Å². The SMILES string of the molecule is O=C(NCc1cc(C#CCO)ccc1F)C1CCCC1. The third-order valence-corrected chi connectivity index (χ3v) is 3.54. The molecule has 0 heterocycles. The van der Waals surface area contributed by atoms with Gasteiger partial charge in [0.1, 0.15) is 12.4 Å². The maximum absolute atomic E-state index is 13.7. The van der Waals surface area contributed by atoms with Gasteiger partial charge in [0.15, 0.2) is 0 Å². The van der Waals surface area contributed by atoms with Crippen molar-refractivity contribution in [2.45, 2.75) is 32.2 Å². The number of amides is 1. The predicted octanol–water partition coefficient (Wildman–Crippen LogP) is 1.98. The van der Waals surface area contributed by atoms with Crippen LogP contribution >= 0.6 is 0 Å². The Labute approximate surface area is 118 Å². The molecule has 0 unspecified atom stereocenters. The number of benzene rings is 1. The van der Waals surface area contributed by atoms with Gasteiger partial charge in [-0.25, -0.2) is 4.39 Å². The molecule has 2 rings (SSSR count). The number of hydrogen-bond acceptors (Lipinski definition) is 2. The van der Waals surface area contributed by atoms with E-state index >= 15 is 0 Å². The van der Waals surface area contributed by atoms with E-state index in [2.05, 4.69) is 17.2 Å². The van der Waals surface area contributed by atoms with E-state index in [-0.39, 0.29) is 30.8 Å². The number of rotatable bonds is 3. The minimum absolute atomic E-state index is 0.00810. The average Bonchev–Trinajstić information content (AvgIpc) is 2.99. The smallest absolute Gasteiger partial charge is 0.223 e. The van der Waals surface area contributed by atoms with Crippen LogP contribution in [0.4, 0.5) is 4.39 Å². The maximum atomic E-state index is 13.7. The van der Waals surface area contributed by atoms with Gasteiger partial charge in [0.2, 0.25) is 5.91 Å². The monoisotopic (exact) mass is 275 g/mol. The Kier molecular flexibility index (Phi) is 5.14. The molecule has 0 aromatic heterocycles. The summed E-state index contributed by atoms with van der Waals surface area (Å²) in [5.41, 5.74) is 1.05. The molecule has 0 spiro atoms. The van der Waals surface area contributed by atoms with Gasteiger partial charge in [-0.2, -0.15) is 0 Å². The summed E-state index contributed by atoms with van der Waals surface area (Å²) in [5.74, 6) is 4.97. The minimum Gasteiger partial charge on any atom is -0.384 e. The lowest BCUT2D eigenvalue weighted by atomic mass is 10.1. The minimum atomic E-state index is -0.355. The molecule has 1 aromatic rings. The summed E-state index contributed by atoms with van der Waals surface area (Å²) in [6.07, 6.45) is 4.05. The largest absolute Gasteiger partial charge is 0.384 e. The highest BCUT2D eigenvalue weighted by Crippen LogP contribution is 2.24. The molecule has 1 aliphatic carbocycles. The van der Waals surface area contributed by atoms with Crippen LogP contribution in [0, 0.1) is 23.6 Å². The standard InChI is InChI=1S/C16H18FNO2/c17-15-8-7-12(4-3-9-19)10-14(15)11-18-16(20)13-5-1-2-6-13/h7-8,10,13,19H,1-2,5-6,9,11H2,(H,18,20). The number of aliphatic hydroxyl groups is 1. The summed E-state index contributed by atoms with van der Waals surface area (Å²) in [5, 5.41) is 11.4. The van der Waals surface area contributed by atoms with Crippen LogP contribution in [-0.2, 0) is 11.3 Å². The number of carbonyl (C=O) groups excluding carboxylic acids is 1. The second kappa shape index (κ2) is 7.06. The fourth-order valence-electron chi connectivity index (χ4n) is 2.44. The second-order valence-electron chi connectivity index (χ2n) is 4.97. The maximum Gasteiger partial charge on any atom is 0.223 e. The zero-order valence-corrected chi connectivity index (χ0v) is 11.3. The van der Waals surface area contributed by atoms with Gasteiger partial charge in [-0.1, -0.05) is 24.7 Å². The molecule has 1 aliphatic rings. The van der Waals surface area contributed by atoms with Crippen molar-refractivity contribution in [3.05, 3.63) is 35.1 Å². The number of hydrogen-bond donors (Lipinski definition) is 2. The molecule has 4 heteroatoms. The molecule has 0 aliphatic heterocycles. The molecule has 0 saturated heterocycles. The van der Waals surface area contributed by atoms with E-state index in [1.165, 1.54) is 6.07 Å². The lowest BCUT2D eigenvalue weighted by Crippen LogP contribution is -2.29. The number of aliphatic hydroxyl groups excluding tert-OH is 1. The quantitative estimate of drug-likeness (QED) is 0.829. The van der Waals surface area contributed by atoms with Gasteiger partial charge in [-0.3, -0.25) is 4.79 Å². The summed E-state index contributed by atoms with van der Waals surface area (Å²) in [7, 11) is 0. The van der Waals surface area contributed by atoms with Crippen molar-refractivity contribution in [1.82, 2.24) is 5.32 Å². The van der Waals surface area contributed by atoms with Crippen molar-refractivity contribution in [2.75, 3.05) is 6.61 Å². The summed E-state index contributed by atoms with van der Waals surface area (Å²) in [4.78, 5) is 11.9. The molecule has 106 valence electrons. The summed E-state index contributed by atoms with van der Waals surface area (Å²) in [6, 6.07) is 4.49. The Balaban J connectivity index is 1.99. The molecule has 1 fully saturated rings. The van der Waals surface area contributed by atoms with E-state index < -0.39 is 0 Å². The first-order valence-electron chi connectivity index (χ1n) is 6.86. The van der Waals surface area contributed by atoms with Crippen LogP contribution in [0.1, 0.15) is 36.8 Å². The molecular formula is C16H18FNO2. The van der Waals surface area contributed by atoms with E-state index in [4.69, 9.17) is 5.11 Å². The van der Waals surface area contributed by atoms with E-state index in [0.717, 1.165) is 25.7 Å². The molecule has 1 amide bonds. The van der Waals surface area contributed by atoms with Gasteiger partial charge < -0.3 is 10.4 Å². The highest BCUT2D eigenvalue weighted by molar-refractivity contribution is 5.78. The molecule has 0 bridgehead atoms. The Morgan fingerprint density at radius 2 is 2.15 bits per heavy atom. The molecule has 3 nitrogen and oxygen atoms in total. The first kappa shape index (κ1) is 14.5. The van der Waals surface area contributed by atoms with Crippen molar-refractivity contribution < 1.29 is 14.3 Å². The zero-order chi connectivity index (χ0) is 14.4. The van der Waals surface area contributed by atoms with Crippen LogP contribution in [0.3, 0.4) is 0 Å². The van der Waals surface area contributed by atoms with Crippen LogP contribution < -0.4 is 5.32 Å². The molecule has 0 atom stereocenters. The summed E-state index contributed by atoms with van der Waals surface area (Å²) >= 11 is 0. The fourth-order valence-corrected chi connectivity index (χ4v) is 2.44. The Bertz CT molecular complexity index is 539. The van der Waals surface area contributed by atoms with Crippen LogP contribution in [-0.4, -0.2) is 17.6 Å². The average molecular weight is 275 g/mol. The molecule has 2 N–H and O–H groups in total. The first-order chi connectivity index (χ1) is 9.70. The molecule has 1 aromatic carbocycles. The number of halogens is 1. The molecule has 20 heavy (non-hydrogen) atoms. The Morgan fingerprint density at radius 3 is 2.85 bits per heavy atom. The third-order valence-electron chi connectivity index (χ3n) is 3.54. The van der Waals surface area contributed by atoms with E-state index in [0.29, 0.717) is 11.1 Å². The summed E-state index contributed by atoms with van der Waals surface area (Å²) in [6.45, 7) is -0.0546. The number of carbonyl (C=O) groups is 1. The first-order valence-corrected chi connectivity index (χ1v) is 6.86. The fraction of sp³-hybridized carbons (Fsp3) is 0.438. The van der Waals surface area contributed by atoms with E-state index in [1.54, 1.807) is 12.1 Å². The van der Waals surface area contributed by atoms with Crippen molar-refractivity contribution in [3.63, 3.8) is 0 Å². The lowest BCUT2D eigenvalue weighted by molar-refractivity contribution is -0.124. The van der Waals surface area contributed by atoms with Gasteiger partial charge in [0, 0.05) is 23.6 Å². The molecular weight excluding hydrogens is 257 g/mol. The number of nitrogens with one attached hydrogen (secondary N) is 1. The zero-order valence-electron chi connectivity index (χ0n) is 11.3. The highest BCUT2D eigenvalue weighted by atomic mass is 19.1. The summed E-state index contributed by atoms with van der Waals surface area (Å²) < 4.78 is 13.7. The van der Waals surface area contributed by atoms with Gasteiger partial charge in [-0.15, -0.1) is 0 Å². The van der Waals surface area contributed by atoms with Crippen molar-refractivity contribution in [2.24, 2.45) is 5.92 Å². The Hall–Kier alpha value is -1.86. The van der Waals surface area contributed by atoms with Crippen LogP contribution in [0.15, 0.2) is 18.2 Å².